The largest absolute Gasteiger partial charge is 0.372 e. The van der Waals surface area contributed by atoms with E-state index >= 15 is 0 Å². The molecule has 0 aliphatic carbocycles. The maximum Gasteiger partial charge on any atom is 0.355 e. The van der Waals surface area contributed by atoms with Gasteiger partial charge in [0.1, 0.15) is 5.82 Å². The number of benzene rings is 1. The van der Waals surface area contributed by atoms with Crippen molar-refractivity contribution in [3.05, 3.63) is 77.1 Å². The Kier molecular flexibility index (Phi) is 7.93. The molecular weight excluding hydrogens is 590 g/mol. The number of alkyl halides is 2. The van der Waals surface area contributed by atoms with Crippen molar-refractivity contribution in [3.8, 4) is 11.4 Å². The fourth-order valence-electron chi connectivity index (χ4n) is 5.85. The first-order valence-electron chi connectivity index (χ1n) is 14.3. The van der Waals surface area contributed by atoms with E-state index in [4.69, 9.17) is 14.7 Å². The molecule has 1 saturated heterocycles. The van der Waals surface area contributed by atoms with Crippen molar-refractivity contribution in [1.82, 2.24) is 20.3 Å². The monoisotopic (exact) mass is 622 g/mol. The minimum absolute atomic E-state index is 0.0804. The number of aryl methyl sites for hydroxylation is 1. The van der Waals surface area contributed by atoms with Crippen LogP contribution in [0, 0.1) is 6.92 Å². The average molecular weight is 623 g/mol. The second kappa shape index (κ2) is 11.7. The van der Waals surface area contributed by atoms with E-state index in [0.717, 1.165) is 30.0 Å². The van der Waals surface area contributed by atoms with Crippen LogP contribution in [0.15, 0.2) is 54.7 Å². The van der Waals surface area contributed by atoms with Gasteiger partial charge < -0.3 is 15.0 Å². The molecular formula is C31H32F2N6O4S. The number of ether oxygens (including phenoxy) is 1. The standard InChI is InChI=1S/C31H32F2N6O4S/c1-18-11-22(12-28-24(18)9-10-39(28)44(41,42)31(32)33)30(40)35-15-23-13-27-21(14-34-23)7-8-26(36-27)25-5-4-6-29(37-25)38-16-19(2)43-20(3)17-38/h4-8,11-14,19-20,31H,9-10,15-17H2,1-3H3,(H,35,40)/t19-,20+. The molecule has 1 N–H and O–H groups in total. The van der Waals surface area contributed by atoms with Gasteiger partial charge in [-0.15, -0.1) is 0 Å². The fourth-order valence-corrected chi connectivity index (χ4v) is 6.82. The van der Waals surface area contributed by atoms with Crippen molar-refractivity contribution < 1.29 is 26.7 Å². The van der Waals surface area contributed by atoms with Crippen LogP contribution in [0.25, 0.3) is 22.3 Å². The molecule has 10 nitrogen and oxygen atoms in total. The lowest BCUT2D eigenvalue weighted by Crippen LogP contribution is -2.45. The second-order valence-corrected chi connectivity index (χ2v) is 13.0. The van der Waals surface area contributed by atoms with Gasteiger partial charge in [-0.25, -0.2) is 18.4 Å². The number of sulfonamides is 1. The molecule has 4 aromatic rings. The summed E-state index contributed by atoms with van der Waals surface area (Å²) in [5, 5.41) is 3.62. The molecule has 1 amide bonds. The van der Waals surface area contributed by atoms with E-state index in [2.05, 4.69) is 29.0 Å². The fraction of sp³-hybridized carbons (Fsp3) is 0.355. The molecule has 44 heavy (non-hydrogen) atoms. The molecule has 2 atom stereocenters. The van der Waals surface area contributed by atoms with Crippen molar-refractivity contribution in [3.63, 3.8) is 0 Å². The van der Waals surface area contributed by atoms with Crippen LogP contribution in [0.3, 0.4) is 0 Å². The molecule has 1 fully saturated rings. The number of nitrogens with zero attached hydrogens (tertiary/aromatic N) is 5. The van der Waals surface area contributed by atoms with Crippen LogP contribution in [0.5, 0.6) is 0 Å². The maximum absolute atomic E-state index is 13.2. The highest BCUT2D eigenvalue weighted by Gasteiger charge is 2.37. The summed E-state index contributed by atoms with van der Waals surface area (Å²) in [6, 6.07) is 14.5. The topological polar surface area (TPSA) is 118 Å². The zero-order valence-electron chi connectivity index (χ0n) is 24.5. The number of anilines is 2. The van der Waals surface area contributed by atoms with Gasteiger partial charge in [-0.3, -0.25) is 14.1 Å². The van der Waals surface area contributed by atoms with Crippen molar-refractivity contribution in [2.24, 2.45) is 0 Å². The smallest absolute Gasteiger partial charge is 0.355 e. The first-order chi connectivity index (χ1) is 21.0. The van der Waals surface area contributed by atoms with Crippen LogP contribution in [-0.4, -0.2) is 66.9 Å². The summed E-state index contributed by atoms with van der Waals surface area (Å²) in [6.45, 7) is 7.33. The number of pyridine rings is 3. The number of carbonyl (C=O) groups is 1. The van der Waals surface area contributed by atoms with Gasteiger partial charge in [0.25, 0.3) is 15.9 Å². The summed E-state index contributed by atoms with van der Waals surface area (Å²) in [5.74, 6) is -3.16. The molecule has 230 valence electrons. The van der Waals surface area contributed by atoms with Crippen molar-refractivity contribution in [2.45, 2.75) is 51.7 Å². The normalized spacial score (nSPS) is 18.6. The number of nitrogens with one attached hydrogen (secondary N) is 1. The van der Waals surface area contributed by atoms with Crippen LogP contribution in [0.2, 0.25) is 0 Å². The number of aromatic nitrogens is 3. The number of hydrogen-bond acceptors (Lipinski definition) is 8. The second-order valence-electron chi connectivity index (χ2n) is 11.2. The van der Waals surface area contributed by atoms with Crippen LogP contribution >= 0.6 is 0 Å². The third-order valence-electron chi connectivity index (χ3n) is 7.88. The van der Waals surface area contributed by atoms with Gasteiger partial charge in [-0.05, 0) is 80.8 Å². The summed E-state index contributed by atoms with van der Waals surface area (Å²) in [4.78, 5) is 29.4. The molecule has 0 unspecified atom stereocenters. The predicted octanol–water partition coefficient (Wildman–Crippen LogP) is 4.46. The van der Waals surface area contributed by atoms with Crippen LogP contribution < -0.4 is 14.5 Å². The molecule has 2 aliphatic rings. The molecule has 0 saturated carbocycles. The third-order valence-corrected chi connectivity index (χ3v) is 9.32. The number of rotatable bonds is 7. The van der Waals surface area contributed by atoms with Crippen LogP contribution in [-0.2, 0) is 27.7 Å². The molecule has 0 spiro atoms. The molecule has 0 bridgehead atoms. The Morgan fingerprint density at radius 2 is 1.82 bits per heavy atom. The lowest BCUT2D eigenvalue weighted by atomic mass is 10.0. The highest BCUT2D eigenvalue weighted by molar-refractivity contribution is 7.93. The number of amides is 1. The van der Waals surface area contributed by atoms with Gasteiger partial charge in [0.05, 0.1) is 47.0 Å². The Hall–Kier alpha value is -4.23. The van der Waals surface area contributed by atoms with E-state index in [1.807, 2.05) is 30.3 Å². The van der Waals surface area contributed by atoms with Crippen molar-refractivity contribution in [1.29, 1.82) is 0 Å². The zero-order valence-corrected chi connectivity index (χ0v) is 25.3. The van der Waals surface area contributed by atoms with Gasteiger partial charge in [0.2, 0.25) is 0 Å². The number of morpholine rings is 1. The van der Waals surface area contributed by atoms with E-state index in [1.165, 1.54) is 6.07 Å². The van der Waals surface area contributed by atoms with E-state index in [0.29, 0.717) is 38.8 Å². The van der Waals surface area contributed by atoms with Gasteiger partial charge in [-0.2, -0.15) is 8.78 Å². The minimum atomic E-state index is -4.82. The van der Waals surface area contributed by atoms with Gasteiger partial charge in [0.15, 0.2) is 0 Å². The Bertz CT molecular complexity index is 1840. The molecule has 3 aromatic heterocycles. The van der Waals surface area contributed by atoms with E-state index in [1.54, 1.807) is 25.3 Å². The van der Waals surface area contributed by atoms with Crippen LogP contribution in [0.1, 0.15) is 41.0 Å². The van der Waals surface area contributed by atoms with E-state index < -0.39 is 21.7 Å². The molecule has 6 rings (SSSR count). The van der Waals surface area contributed by atoms with E-state index in [9.17, 15) is 22.0 Å². The molecule has 13 heteroatoms. The summed E-state index contributed by atoms with van der Waals surface area (Å²) < 4.78 is 57.4. The summed E-state index contributed by atoms with van der Waals surface area (Å²) >= 11 is 0. The number of halogens is 2. The zero-order chi connectivity index (χ0) is 31.2. The van der Waals surface area contributed by atoms with Crippen LogP contribution in [0.4, 0.5) is 20.3 Å². The van der Waals surface area contributed by atoms with E-state index in [-0.39, 0.29) is 36.5 Å². The Labute approximate surface area is 254 Å². The van der Waals surface area contributed by atoms with Gasteiger partial charge >= 0.3 is 5.76 Å². The van der Waals surface area contributed by atoms with Crippen molar-refractivity contribution in [2.75, 3.05) is 28.8 Å². The summed E-state index contributed by atoms with van der Waals surface area (Å²) in [5.41, 5.74) is 4.27. The summed E-state index contributed by atoms with van der Waals surface area (Å²) in [7, 11) is -4.82. The van der Waals surface area contributed by atoms with Gasteiger partial charge in [0, 0.05) is 36.8 Å². The average Bonchev–Trinajstić information content (AvgIpc) is 3.44. The highest BCUT2D eigenvalue weighted by Crippen LogP contribution is 2.35. The van der Waals surface area contributed by atoms with Crippen molar-refractivity contribution >= 4 is 38.3 Å². The lowest BCUT2D eigenvalue weighted by Gasteiger charge is -2.36. The number of hydrogen-bond donors (Lipinski definition) is 1. The predicted molar refractivity (Wildman–Crippen MR) is 163 cm³/mol. The Balaban J connectivity index is 1.20. The first kappa shape index (κ1) is 29.8. The summed E-state index contributed by atoms with van der Waals surface area (Å²) in [6.07, 6.45) is 2.20. The van der Waals surface area contributed by atoms with Gasteiger partial charge in [-0.1, -0.05) is 6.07 Å². The highest BCUT2D eigenvalue weighted by atomic mass is 32.2. The lowest BCUT2D eigenvalue weighted by molar-refractivity contribution is -0.00545. The first-order valence-corrected chi connectivity index (χ1v) is 15.8. The third kappa shape index (κ3) is 5.81. The number of carbonyl (C=O) groups excluding carboxylic acids is 1. The Morgan fingerprint density at radius 1 is 1.07 bits per heavy atom. The Morgan fingerprint density at radius 3 is 2.57 bits per heavy atom. The molecule has 2 aliphatic heterocycles. The number of fused-ring (bicyclic) bond motifs is 2. The molecule has 0 radical (unpaired) electrons. The maximum atomic E-state index is 13.2. The molecule has 1 aromatic carbocycles. The quantitative estimate of drug-likeness (QED) is 0.321. The SMILES string of the molecule is Cc1cc(C(=O)NCc2cc3nc(-c4cccc(N5C[C@@H](C)O[C@@H](C)C5)n4)ccc3cn2)cc2c1CCN2S(=O)(=O)C(F)F. The molecule has 5 heterocycles. The minimum Gasteiger partial charge on any atom is -0.372 e.